The Bertz CT molecular complexity index is 1120. The third kappa shape index (κ3) is 4.65. The second-order valence-corrected chi connectivity index (χ2v) is 6.98. The molecule has 0 fully saturated rings. The van der Waals surface area contributed by atoms with Gasteiger partial charge in [0.2, 0.25) is 11.8 Å². The number of pyridine rings is 1. The highest BCUT2D eigenvalue weighted by molar-refractivity contribution is 5.93. The highest BCUT2D eigenvalue weighted by Crippen LogP contribution is 2.19. The maximum absolute atomic E-state index is 12.4. The molecule has 0 bridgehead atoms. The summed E-state index contributed by atoms with van der Waals surface area (Å²) in [4.78, 5) is 38.7. The van der Waals surface area contributed by atoms with Crippen LogP contribution in [0.5, 0.6) is 0 Å². The van der Waals surface area contributed by atoms with E-state index < -0.39 is 0 Å². The lowest BCUT2D eigenvalue weighted by molar-refractivity contribution is -0.116. The monoisotopic (exact) mass is 377 g/mol. The van der Waals surface area contributed by atoms with Crippen molar-refractivity contribution in [3.05, 3.63) is 69.5 Å². The zero-order chi connectivity index (χ0) is 20.3. The SMILES string of the molecule is CC(=O)Nc1cccc(NC(=O)CCc2cc3cc(C)cc(C)c3[nH]c2=O)c1. The second kappa shape index (κ2) is 8.08. The number of rotatable bonds is 5. The third-order valence-electron chi connectivity index (χ3n) is 4.46. The van der Waals surface area contributed by atoms with Gasteiger partial charge in [-0.2, -0.15) is 0 Å². The first-order valence-electron chi connectivity index (χ1n) is 9.12. The summed E-state index contributed by atoms with van der Waals surface area (Å²) in [5.74, 6) is -0.371. The average Bonchev–Trinajstić information content (AvgIpc) is 2.60. The molecule has 144 valence electrons. The number of nitrogens with one attached hydrogen (secondary N) is 3. The lowest BCUT2D eigenvalue weighted by Crippen LogP contribution is -2.17. The minimum Gasteiger partial charge on any atom is -0.326 e. The quantitative estimate of drug-likeness (QED) is 0.633. The van der Waals surface area contributed by atoms with Gasteiger partial charge in [-0.05, 0) is 61.5 Å². The molecule has 3 aromatic rings. The fourth-order valence-corrected chi connectivity index (χ4v) is 3.27. The topological polar surface area (TPSA) is 91.1 Å². The highest BCUT2D eigenvalue weighted by Gasteiger charge is 2.09. The van der Waals surface area contributed by atoms with Gasteiger partial charge in [0, 0.05) is 30.3 Å². The molecule has 28 heavy (non-hydrogen) atoms. The predicted molar refractivity (Wildman–Crippen MR) is 112 cm³/mol. The molecule has 6 nitrogen and oxygen atoms in total. The summed E-state index contributed by atoms with van der Waals surface area (Å²) in [7, 11) is 0. The van der Waals surface area contributed by atoms with Crippen LogP contribution >= 0.6 is 0 Å². The Morgan fingerprint density at radius 1 is 1.00 bits per heavy atom. The van der Waals surface area contributed by atoms with Gasteiger partial charge in [0.05, 0.1) is 5.52 Å². The third-order valence-corrected chi connectivity index (χ3v) is 4.46. The number of amides is 2. The molecule has 0 aliphatic carbocycles. The molecule has 1 heterocycles. The van der Waals surface area contributed by atoms with Crippen molar-refractivity contribution in [1.29, 1.82) is 0 Å². The molecule has 3 N–H and O–H groups in total. The summed E-state index contributed by atoms with van der Waals surface area (Å²) in [6.45, 7) is 5.41. The number of anilines is 2. The molecule has 1 aromatic heterocycles. The van der Waals surface area contributed by atoms with E-state index >= 15 is 0 Å². The number of aromatic amines is 1. The summed E-state index contributed by atoms with van der Waals surface area (Å²) in [6.07, 6.45) is 0.527. The Kier molecular flexibility index (Phi) is 5.59. The summed E-state index contributed by atoms with van der Waals surface area (Å²) < 4.78 is 0. The van der Waals surface area contributed by atoms with Gasteiger partial charge in [-0.1, -0.05) is 17.7 Å². The Morgan fingerprint density at radius 3 is 2.43 bits per heavy atom. The molecule has 0 aliphatic heterocycles. The first-order valence-corrected chi connectivity index (χ1v) is 9.12. The van der Waals surface area contributed by atoms with Gasteiger partial charge in [0.25, 0.3) is 5.56 Å². The van der Waals surface area contributed by atoms with Crippen molar-refractivity contribution < 1.29 is 9.59 Å². The minimum absolute atomic E-state index is 0.167. The lowest BCUT2D eigenvalue weighted by Gasteiger charge is -2.09. The van der Waals surface area contributed by atoms with Crippen molar-refractivity contribution in [3.8, 4) is 0 Å². The van der Waals surface area contributed by atoms with E-state index in [0.29, 0.717) is 23.4 Å². The molecule has 3 rings (SSSR count). The fourth-order valence-electron chi connectivity index (χ4n) is 3.27. The number of hydrogen-bond acceptors (Lipinski definition) is 3. The van der Waals surface area contributed by atoms with E-state index in [2.05, 4.69) is 15.6 Å². The van der Waals surface area contributed by atoms with Gasteiger partial charge in [0.1, 0.15) is 0 Å². The fraction of sp³-hybridized carbons (Fsp3) is 0.227. The molecule has 0 radical (unpaired) electrons. The molecule has 2 aromatic carbocycles. The lowest BCUT2D eigenvalue weighted by atomic mass is 10.0. The van der Waals surface area contributed by atoms with E-state index in [9.17, 15) is 14.4 Å². The zero-order valence-corrected chi connectivity index (χ0v) is 16.2. The van der Waals surface area contributed by atoms with E-state index in [4.69, 9.17) is 0 Å². The van der Waals surface area contributed by atoms with Crippen molar-refractivity contribution in [2.45, 2.75) is 33.6 Å². The molecule has 2 amide bonds. The van der Waals surface area contributed by atoms with Crippen molar-refractivity contribution in [1.82, 2.24) is 4.98 Å². The van der Waals surface area contributed by atoms with Gasteiger partial charge in [-0.25, -0.2) is 0 Å². The van der Waals surface area contributed by atoms with E-state index in [1.54, 1.807) is 24.3 Å². The first kappa shape index (κ1) is 19.4. The molecule has 0 saturated heterocycles. The molecule has 0 spiro atoms. The van der Waals surface area contributed by atoms with Crippen LogP contribution in [-0.4, -0.2) is 16.8 Å². The number of carbonyl (C=O) groups is 2. The number of hydrogen-bond donors (Lipinski definition) is 3. The summed E-state index contributed by atoms with van der Waals surface area (Å²) in [5.41, 5.74) is 4.60. The van der Waals surface area contributed by atoms with Crippen molar-refractivity contribution in [2.75, 3.05) is 10.6 Å². The Labute approximate surface area is 163 Å². The minimum atomic E-state index is -0.195. The van der Waals surface area contributed by atoms with Crippen LogP contribution in [0.1, 0.15) is 30.0 Å². The van der Waals surface area contributed by atoms with Crippen molar-refractivity contribution >= 4 is 34.1 Å². The van der Waals surface area contributed by atoms with Crippen LogP contribution in [0.2, 0.25) is 0 Å². The van der Waals surface area contributed by atoms with Crippen LogP contribution in [0, 0.1) is 13.8 Å². The van der Waals surface area contributed by atoms with Crippen LogP contribution in [0.3, 0.4) is 0 Å². The number of fused-ring (bicyclic) bond motifs is 1. The highest BCUT2D eigenvalue weighted by atomic mass is 16.2. The van der Waals surface area contributed by atoms with Crippen molar-refractivity contribution in [2.24, 2.45) is 0 Å². The van der Waals surface area contributed by atoms with Gasteiger partial charge < -0.3 is 15.6 Å². The van der Waals surface area contributed by atoms with Gasteiger partial charge in [0.15, 0.2) is 0 Å². The van der Waals surface area contributed by atoms with Crippen LogP contribution in [-0.2, 0) is 16.0 Å². The molecule has 6 heteroatoms. The smallest absolute Gasteiger partial charge is 0.251 e. The maximum atomic E-state index is 12.4. The van der Waals surface area contributed by atoms with E-state index in [-0.39, 0.29) is 23.8 Å². The Hall–Kier alpha value is -3.41. The van der Waals surface area contributed by atoms with E-state index in [0.717, 1.165) is 22.0 Å². The first-order chi connectivity index (χ1) is 13.3. The second-order valence-electron chi connectivity index (χ2n) is 6.98. The van der Waals surface area contributed by atoms with E-state index in [1.807, 2.05) is 32.0 Å². The summed E-state index contributed by atoms with van der Waals surface area (Å²) in [6, 6.07) is 12.8. The Morgan fingerprint density at radius 2 is 1.71 bits per heavy atom. The van der Waals surface area contributed by atoms with Crippen LogP contribution in [0.15, 0.2) is 47.3 Å². The van der Waals surface area contributed by atoms with Crippen LogP contribution in [0.25, 0.3) is 10.9 Å². The maximum Gasteiger partial charge on any atom is 0.251 e. The van der Waals surface area contributed by atoms with Crippen LogP contribution < -0.4 is 16.2 Å². The Balaban J connectivity index is 1.70. The zero-order valence-electron chi connectivity index (χ0n) is 16.2. The number of aromatic nitrogens is 1. The van der Waals surface area contributed by atoms with Gasteiger partial charge in [-0.3, -0.25) is 14.4 Å². The molecule has 0 aliphatic rings. The largest absolute Gasteiger partial charge is 0.326 e. The predicted octanol–water partition coefficient (Wildman–Crippen LogP) is 3.67. The van der Waals surface area contributed by atoms with Crippen molar-refractivity contribution in [3.63, 3.8) is 0 Å². The van der Waals surface area contributed by atoms with E-state index in [1.165, 1.54) is 6.92 Å². The van der Waals surface area contributed by atoms with Gasteiger partial charge >= 0.3 is 0 Å². The summed E-state index contributed by atoms with van der Waals surface area (Å²) >= 11 is 0. The summed E-state index contributed by atoms with van der Waals surface area (Å²) in [5, 5.41) is 6.44. The number of aryl methyl sites for hydroxylation is 3. The number of H-pyrrole nitrogens is 1. The molecular weight excluding hydrogens is 354 g/mol. The number of carbonyl (C=O) groups excluding carboxylic acids is 2. The molecular formula is C22H23N3O3. The van der Waals surface area contributed by atoms with Crippen LogP contribution in [0.4, 0.5) is 11.4 Å². The normalized spacial score (nSPS) is 10.7. The number of benzene rings is 2. The molecule has 0 saturated carbocycles. The van der Waals surface area contributed by atoms with Gasteiger partial charge in [-0.15, -0.1) is 0 Å². The molecule has 0 unspecified atom stereocenters. The standard InChI is InChI=1S/C22H23N3O3/c1-13-9-14(2)21-17(10-13)11-16(22(28)25-21)7-8-20(27)24-19-6-4-5-18(12-19)23-15(3)26/h4-6,9-12H,7-8H2,1-3H3,(H,23,26)(H,24,27)(H,25,28). The average molecular weight is 377 g/mol. The molecule has 0 atom stereocenters.